The minimum Gasteiger partial charge on any atom is -0.348 e. The third-order valence-electron chi connectivity index (χ3n) is 5.33. The van der Waals surface area contributed by atoms with E-state index in [1.165, 1.54) is 0 Å². The van der Waals surface area contributed by atoms with Crippen LogP contribution in [0.15, 0.2) is 73.2 Å². The van der Waals surface area contributed by atoms with Gasteiger partial charge in [-0.2, -0.15) is 0 Å². The van der Waals surface area contributed by atoms with E-state index in [2.05, 4.69) is 16.4 Å². The Balaban J connectivity index is 1.49. The Morgan fingerprint density at radius 1 is 1.00 bits per heavy atom. The largest absolute Gasteiger partial charge is 0.348 e. The SMILES string of the molecule is CCC(=O)n1ccc2cc(-c3ccc(C(=O)NCc4cnccc4C)cc3)ccc21. The number of nitrogens with one attached hydrogen (secondary N) is 1. The molecule has 5 heteroatoms. The summed E-state index contributed by atoms with van der Waals surface area (Å²) in [6.07, 6.45) is 5.80. The van der Waals surface area contributed by atoms with Gasteiger partial charge in [0.05, 0.1) is 5.52 Å². The van der Waals surface area contributed by atoms with Crippen molar-refractivity contribution in [1.82, 2.24) is 14.9 Å². The van der Waals surface area contributed by atoms with Gasteiger partial charge in [0.2, 0.25) is 5.91 Å². The molecule has 0 aliphatic heterocycles. The van der Waals surface area contributed by atoms with Crippen molar-refractivity contribution in [3.8, 4) is 11.1 Å². The maximum Gasteiger partial charge on any atom is 0.251 e. The zero-order valence-electron chi connectivity index (χ0n) is 17.1. The van der Waals surface area contributed by atoms with Crippen LogP contribution in [0.4, 0.5) is 0 Å². The maximum absolute atomic E-state index is 12.5. The molecule has 0 saturated carbocycles. The number of hydrogen-bond acceptors (Lipinski definition) is 3. The third-order valence-corrected chi connectivity index (χ3v) is 5.33. The first kappa shape index (κ1) is 19.6. The number of benzene rings is 2. The molecule has 0 unspecified atom stereocenters. The molecule has 2 aromatic carbocycles. The Hall–Kier alpha value is -3.73. The zero-order valence-corrected chi connectivity index (χ0v) is 17.1. The quantitative estimate of drug-likeness (QED) is 0.516. The van der Waals surface area contributed by atoms with E-state index in [9.17, 15) is 9.59 Å². The number of aryl methyl sites for hydroxylation is 1. The predicted octanol–water partition coefficient (Wildman–Crippen LogP) is 4.99. The lowest BCUT2D eigenvalue weighted by molar-refractivity contribution is 0.0912. The Labute approximate surface area is 175 Å². The van der Waals surface area contributed by atoms with Gasteiger partial charge in [0.1, 0.15) is 0 Å². The van der Waals surface area contributed by atoms with Crippen LogP contribution in [0.25, 0.3) is 22.0 Å². The first-order valence-electron chi connectivity index (χ1n) is 9.99. The Kier molecular flexibility index (Phi) is 5.44. The Morgan fingerprint density at radius 2 is 1.77 bits per heavy atom. The van der Waals surface area contributed by atoms with Gasteiger partial charge in [-0.1, -0.05) is 25.1 Å². The Bertz CT molecular complexity index is 1220. The molecule has 0 saturated heterocycles. The van der Waals surface area contributed by atoms with E-state index in [-0.39, 0.29) is 11.8 Å². The second kappa shape index (κ2) is 8.33. The highest BCUT2D eigenvalue weighted by Gasteiger charge is 2.10. The molecule has 0 fully saturated rings. The molecule has 0 spiro atoms. The van der Waals surface area contributed by atoms with Crippen molar-refractivity contribution >= 4 is 22.7 Å². The van der Waals surface area contributed by atoms with E-state index < -0.39 is 0 Å². The van der Waals surface area contributed by atoms with Crippen molar-refractivity contribution in [2.45, 2.75) is 26.8 Å². The summed E-state index contributed by atoms with van der Waals surface area (Å²) in [6.45, 7) is 4.31. The number of carbonyl (C=O) groups is 2. The average molecular weight is 397 g/mol. The molecule has 2 heterocycles. The molecule has 4 rings (SSSR count). The molecule has 2 aromatic heterocycles. The molecular formula is C25H23N3O2. The van der Waals surface area contributed by atoms with Gasteiger partial charge in [-0.3, -0.25) is 19.1 Å². The smallest absolute Gasteiger partial charge is 0.251 e. The number of pyridine rings is 1. The van der Waals surface area contributed by atoms with Crippen molar-refractivity contribution in [3.05, 3.63) is 89.9 Å². The number of nitrogens with zero attached hydrogens (tertiary/aromatic N) is 2. The summed E-state index contributed by atoms with van der Waals surface area (Å²) in [5, 5.41) is 3.96. The molecule has 0 aliphatic rings. The van der Waals surface area contributed by atoms with E-state index in [1.807, 2.05) is 68.6 Å². The molecule has 150 valence electrons. The van der Waals surface area contributed by atoms with E-state index in [0.29, 0.717) is 18.5 Å². The molecule has 1 N–H and O–H groups in total. The van der Waals surface area contributed by atoms with Crippen molar-refractivity contribution in [2.75, 3.05) is 0 Å². The van der Waals surface area contributed by atoms with Crippen LogP contribution in [0.5, 0.6) is 0 Å². The number of aromatic nitrogens is 2. The van der Waals surface area contributed by atoms with Gasteiger partial charge in [-0.05, 0) is 65.6 Å². The number of amides is 1. The summed E-state index contributed by atoms with van der Waals surface area (Å²) in [6, 6.07) is 17.5. The minimum absolute atomic E-state index is 0.0783. The summed E-state index contributed by atoms with van der Waals surface area (Å²) in [5.41, 5.74) is 5.69. The van der Waals surface area contributed by atoms with E-state index in [1.54, 1.807) is 17.0 Å². The lowest BCUT2D eigenvalue weighted by atomic mass is 10.0. The molecular weight excluding hydrogens is 374 g/mol. The third kappa shape index (κ3) is 3.87. The fourth-order valence-corrected chi connectivity index (χ4v) is 3.48. The van der Waals surface area contributed by atoms with E-state index in [0.717, 1.165) is 33.2 Å². The number of hydrogen-bond donors (Lipinski definition) is 1. The molecule has 4 aromatic rings. The molecule has 0 atom stereocenters. The van der Waals surface area contributed by atoms with Crippen molar-refractivity contribution < 1.29 is 9.59 Å². The molecule has 0 aliphatic carbocycles. The van der Waals surface area contributed by atoms with Crippen LogP contribution in [0.2, 0.25) is 0 Å². The second-order valence-electron chi connectivity index (χ2n) is 7.27. The highest BCUT2D eigenvalue weighted by atomic mass is 16.2. The van der Waals surface area contributed by atoms with Gasteiger partial charge in [0.15, 0.2) is 0 Å². The number of fused-ring (bicyclic) bond motifs is 1. The summed E-state index contributed by atoms with van der Waals surface area (Å²) >= 11 is 0. The van der Waals surface area contributed by atoms with Crippen molar-refractivity contribution in [3.63, 3.8) is 0 Å². The van der Waals surface area contributed by atoms with E-state index in [4.69, 9.17) is 0 Å². The molecule has 0 radical (unpaired) electrons. The lowest BCUT2D eigenvalue weighted by Gasteiger charge is -2.09. The summed E-state index contributed by atoms with van der Waals surface area (Å²) in [7, 11) is 0. The fraction of sp³-hybridized carbons (Fsp3) is 0.160. The van der Waals surface area contributed by atoms with E-state index >= 15 is 0 Å². The monoisotopic (exact) mass is 397 g/mol. The standard InChI is InChI=1S/C25H23N3O2/c1-3-24(29)28-13-11-21-14-20(8-9-23(21)28)18-4-6-19(7-5-18)25(30)27-16-22-15-26-12-10-17(22)2/h4-15H,3,16H2,1-2H3,(H,27,30). The second-order valence-corrected chi connectivity index (χ2v) is 7.27. The molecule has 1 amide bonds. The average Bonchev–Trinajstić information content (AvgIpc) is 3.21. The van der Waals surface area contributed by atoms with Crippen LogP contribution in [0.1, 0.15) is 39.6 Å². The normalized spacial score (nSPS) is 10.9. The summed E-state index contributed by atoms with van der Waals surface area (Å²) in [5.74, 6) is -0.0370. The topological polar surface area (TPSA) is 64.0 Å². The maximum atomic E-state index is 12.5. The van der Waals surface area contributed by atoms with Crippen LogP contribution in [0, 0.1) is 6.92 Å². The predicted molar refractivity (Wildman–Crippen MR) is 118 cm³/mol. The molecule has 30 heavy (non-hydrogen) atoms. The van der Waals surface area contributed by atoms with Crippen LogP contribution < -0.4 is 5.32 Å². The first-order valence-corrected chi connectivity index (χ1v) is 9.99. The highest BCUT2D eigenvalue weighted by molar-refractivity contribution is 5.96. The van der Waals surface area contributed by atoms with Crippen LogP contribution in [-0.4, -0.2) is 21.4 Å². The fourth-order valence-electron chi connectivity index (χ4n) is 3.48. The first-order chi connectivity index (χ1) is 14.6. The number of rotatable bonds is 5. The highest BCUT2D eigenvalue weighted by Crippen LogP contribution is 2.26. The van der Waals surface area contributed by atoms with Crippen LogP contribution in [0.3, 0.4) is 0 Å². The summed E-state index contributed by atoms with van der Waals surface area (Å²) in [4.78, 5) is 28.6. The summed E-state index contributed by atoms with van der Waals surface area (Å²) < 4.78 is 1.69. The number of carbonyl (C=O) groups excluding carboxylic acids is 2. The van der Waals surface area contributed by atoms with Crippen LogP contribution >= 0.6 is 0 Å². The van der Waals surface area contributed by atoms with Gasteiger partial charge < -0.3 is 5.32 Å². The lowest BCUT2D eigenvalue weighted by Crippen LogP contribution is -2.23. The van der Waals surface area contributed by atoms with Gasteiger partial charge >= 0.3 is 0 Å². The zero-order chi connectivity index (χ0) is 21.1. The van der Waals surface area contributed by atoms with Crippen molar-refractivity contribution in [1.29, 1.82) is 0 Å². The van der Waals surface area contributed by atoms with Crippen LogP contribution in [-0.2, 0) is 6.54 Å². The van der Waals surface area contributed by atoms with Crippen molar-refractivity contribution in [2.24, 2.45) is 0 Å². The van der Waals surface area contributed by atoms with Gasteiger partial charge in [-0.15, -0.1) is 0 Å². The van der Waals surface area contributed by atoms with Gasteiger partial charge in [0.25, 0.3) is 5.91 Å². The molecule has 0 bridgehead atoms. The molecule has 5 nitrogen and oxygen atoms in total. The van der Waals surface area contributed by atoms with Gasteiger partial charge in [0, 0.05) is 42.5 Å². The minimum atomic E-state index is -0.115. The van der Waals surface area contributed by atoms with Gasteiger partial charge in [-0.25, -0.2) is 0 Å². The Morgan fingerprint density at radius 3 is 2.50 bits per heavy atom.